The molecular formula is C25H40N4O4. The summed E-state index contributed by atoms with van der Waals surface area (Å²) in [5.74, 6) is 0.0348. The van der Waals surface area contributed by atoms with Crippen molar-refractivity contribution in [1.82, 2.24) is 15.2 Å². The van der Waals surface area contributed by atoms with Gasteiger partial charge in [-0.25, -0.2) is 14.6 Å². The fraction of sp³-hybridized carbons (Fsp3) is 0.720. The molecule has 3 rings (SSSR count). The van der Waals surface area contributed by atoms with E-state index >= 15 is 0 Å². The van der Waals surface area contributed by atoms with Crippen molar-refractivity contribution in [3.05, 3.63) is 23.4 Å². The first kappa shape index (κ1) is 25.3. The number of pyridine rings is 1. The third-order valence-corrected chi connectivity index (χ3v) is 6.62. The van der Waals surface area contributed by atoms with Gasteiger partial charge in [-0.05, 0) is 82.4 Å². The first-order chi connectivity index (χ1) is 16.0. The SMILES string of the molecule is CCC(CC)OC(=O)N[C@@H](CCN(CCCCc1ccc2c(n1)NCCC2)C1CC1)C(=O)O. The molecule has 33 heavy (non-hydrogen) atoms. The van der Waals surface area contributed by atoms with Crippen LogP contribution < -0.4 is 10.6 Å². The largest absolute Gasteiger partial charge is 0.480 e. The van der Waals surface area contributed by atoms with Crippen molar-refractivity contribution in [2.24, 2.45) is 0 Å². The lowest BCUT2D eigenvalue weighted by atomic mass is 10.1. The number of carboxylic acid groups (broad SMARTS) is 1. The van der Waals surface area contributed by atoms with E-state index in [2.05, 4.69) is 27.7 Å². The van der Waals surface area contributed by atoms with Crippen LogP contribution >= 0.6 is 0 Å². The van der Waals surface area contributed by atoms with Gasteiger partial charge in [-0.2, -0.15) is 0 Å². The van der Waals surface area contributed by atoms with Crippen LogP contribution in [0.3, 0.4) is 0 Å². The summed E-state index contributed by atoms with van der Waals surface area (Å²) in [4.78, 5) is 30.9. The summed E-state index contributed by atoms with van der Waals surface area (Å²) in [5.41, 5.74) is 2.45. The Morgan fingerprint density at radius 3 is 2.73 bits per heavy atom. The van der Waals surface area contributed by atoms with Crippen LogP contribution in [0.4, 0.5) is 10.6 Å². The second kappa shape index (κ2) is 12.8. The normalized spacial score (nSPS) is 16.2. The van der Waals surface area contributed by atoms with Crippen molar-refractivity contribution >= 4 is 17.9 Å². The molecule has 0 saturated heterocycles. The number of hydrogen-bond acceptors (Lipinski definition) is 6. The molecule has 0 aromatic carbocycles. The summed E-state index contributed by atoms with van der Waals surface area (Å²) < 4.78 is 5.31. The monoisotopic (exact) mass is 460 g/mol. The van der Waals surface area contributed by atoms with Crippen LogP contribution in [0, 0.1) is 0 Å². The molecule has 1 saturated carbocycles. The maximum Gasteiger partial charge on any atom is 0.408 e. The van der Waals surface area contributed by atoms with E-state index in [1.807, 2.05) is 13.8 Å². The van der Waals surface area contributed by atoms with Gasteiger partial charge in [0, 0.05) is 24.8 Å². The van der Waals surface area contributed by atoms with E-state index < -0.39 is 18.1 Å². The molecule has 0 unspecified atom stereocenters. The fourth-order valence-corrected chi connectivity index (χ4v) is 4.38. The first-order valence-corrected chi connectivity index (χ1v) is 12.7. The van der Waals surface area contributed by atoms with Crippen molar-refractivity contribution in [2.75, 3.05) is 25.0 Å². The van der Waals surface area contributed by atoms with Crippen molar-refractivity contribution in [2.45, 2.75) is 96.2 Å². The number of fused-ring (bicyclic) bond motifs is 1. The summed E-state index contributed by atoms with van der Waals surface area (Å²) in [5, 5.41) is 15.5. The molecule has 0 radical (unpaired) electrons. The minimum Gasteiger partial charge on any atom is -0.480 e. The zero-order valence-electron chi connectivity index (χ0n) is 20.1. The predicted octanol–water partition coefficient (Wildman–Crippen LogP) is 3.98. The maximum absolute atomic E-state index is 12.1. The molecule has 1 fully saturated rings. The number of hydrogen-bond donors (Lipinski definition) is 3. The third kappa shape index (κ3) is 8.18. The molecule has 2 aliphatic rings. The minimum absolute atomic E-state index is 0.178. The van der Waals surface area contributed by atoms with E-state index in [1.54, 1.807) is 0 Å². The molecule has 0 spiro atoms. The molecule has 1 aromatic heterocycles. The maximum atomic E-state index is 12.1. The second-order valence-electron chi connectivity index (χ2n) is 9.23. The minimum atomic E-state index is -1.01. The number of amides is 1. The van der Waals surface area contributed by atoms with E-state index in [0.717, 1.165) is 50.3 Å². The molecule has 0 bridgehead atoms. The lowest BCUT2D eigenvalue weighted by molar-refractivity contribution is -0.139. The Kier molecular flexibility index (Phi) is 9.78. The molecule has 2 heterocycles. The van der Waals surface area contributed by atoms with Gasteiger partial charge < -0.3 is 25.4 Å². The van der Waals surface area contributed by atoms with E-state index in [0.29, 0.717) is 31.8 Å². The van der Waals surface area contributed by atoms with E-state index in [-0.39, 0.29) is 6.10 Å². The lowest BCUT2D eigenvalue weighted by Crippen LogP contribution is -2.44. The number of unbranched alkanes of at least 4 members (excludes halogenated alkanes) is 1. The highest BCUT2D eigenvalue weighted by Gasteiger charge is 2.30. The number of aromatic nitrogens is 1. The molecule has 1 aliphatic heterocycles. The molecule has 1 aromatic rings. The highest BCUT2D eigenvalue weighted by atomic mass is 16.6. The van der Waals surface area contributed by atoms with E-state index in [9.17, 15) is 14.7 Å². The van der Waals surface area contributed by atoms with Crippen molar-refractivity contribution in [1.29, 1.82) is 0 Å². The molecule has 8 heteroatoms. The van der Waals surface area contributed by atoms with Gasteiger partial charge in [0.1, 0.15) is 18.0 Å². The van der Waals surface area contributed by atoms with Gasteiger partial charge in [-0.15, -0.1) is 0 Å². The molecule has 8 nitrogen and oxygen atoms in total. The van der Waals surface area contributed by atoms with Crippen LogP contribution in [-0.2, 0) is 22.4 Å². The third-order valence-electron chi connectivity index (χ3n) is 6.62. The number of anilines is 1. The zero-order valence-corrected chi connectivity index (χ0v) is 20.1. The van der Waals surface area contributed by atoms with Gasteiger partial charge in [-0.1, -0.05) is 19.9 Å². The number of nitrogens with one attached hydrogen (secondary N) is 2. The highest BCUT2D eigenvalue weighted by Crippen LogP contribution is 2.27. The second-order valence-corrected chi connectivity index (χ2v) is 9.23. The topological polar surface area (TPSA) is 104 Å². The number of carboxylic acids is 1. The number of nitrogens with zero attached hydrogens (tertiary/aromatic N) is 2. The molecule has 1 aliphatic carbocycles. The summed E-state index contributed by atoms with van der Waals surface area (Å²) in [6.45, 7) is 6.50. The lowest BCUT2D eigenvalue weighted by Gasteiger charge is -2.24. The highest BCUT2D eigenvalue weighted by molar-refractivity contribution is 5.79. The number of aryl methyl sites for hydroxylation is 2. The summed E-state index contributed by atoms with van der Waals surface area (Å²) in [6, 6.07) is 3.96. The molecule has 184 valence electrons. The molecule has 3 N–H and O–H groups in total. The number of rotatable bonds is 14. The van der Waals surface area contributed by atoms with Crippen molar-refractivity contribution in [3.8, 4) is 0 Å². The zero-order chi connectivity index (χ0) is 23.6. The predicted molar refractivity (Wildman–Crippen MR) is 129 cm³/mol. The van der Waals surface area contributed by atoms with Gasteiger partial charge in [0.05, 0.1) is 0 Å². The van der Waals surface area contributed by atoms with Crippen LogP contribution in [0.5, 0.6) is 0 Å². The molecule has 1 amide bonds. The summed E-state index contributed by atoms with van der Waals surface area (Å²) in [6.07, 6.45) is 8.65. The Balaban J connectivity index is 1.41. The number of aliphatic carboxylic acids is 1. The van der Waals surface area contributed by atoms with Crippen molar-refractivity contribution in [3.63, 3.8) is 0 Å². The van der Waals surface area contributed by atoms with Gasteiger partial charge in [0.25, 0.3) is 0 Å². The Hall–Kier alpha value is -2.35. The Bertz CT molecular complexity index is 780. The first-order valence-electron chi connectivity index (χ1n) is 12.7. The van der Waals surface area contributed by atoms with Gasteiger partial charge in [0.2, 0.25) is 0 Å². The Morgan fingerprint density at radius 1 is 1.24 bits per heavy atom. The average Bonchev–Trinajstić information content (AvgIpc) is 3.66. The number of carbonyl (C=O) groups is 2. The van der Waals surface area contributed by atoms with Crippen molar-refractivity contribution < 1.29 is 19.4 Å². The smallest absolute Gasteiger partial charge is 0.408 e. The number of ether oxygens (including phenoxy) is 1. The number of alkyl carbamates (subject to hydrolysis) is 1. The number of carbonyl (C=O) groups excluding carboxylic acids is 1. The molecular weight excluding hydrogens is 420 g/mol. The average molecular weight is 461 g/mol. The van der Waals surface area contributed by atoms with E-state index in [1.165, 1.54) is 24.8 Å². The van der Waals surface area contributed by atoms with Crippen LogP contribution in [0.15, 0.2) is 12.1 Å². The van der Waals surface area contributed by atoms with Gasteiger partial charge >= 0.3 is 12.1 Å². The summed E-state index contributed by atoms with van der Waals surface area (Å²) >= 11 is 0. The van der Waals surface area contributed by atoms with Gasteiger partial charge in [0.15, 0.2) is 0 Å². The van der Waals surface area contributed by atoms with Crippen LogP contribution in [0.25, 0.3) is 0 Å². The molecule has 1 atom stereocenters. The Labute approximate surface area is 197 Å². The quantitative estimate of drug-likeness (QED) is 0.361. The summed E-state index contributed by atoms with van der Waals surface area (Å²) in [7, 11) is 0. The van der Waals surface area contributed by atoms with Crippen LogP contribution in [0.2, 0.25) is 0 Å². The van der Waals surface area contributed by atoms with E-state index in [4.69, 9.17) is 9.72 Å². The fourth-order valence-electron chi connectivity index (χ4n) is 4.38. The van der Waals surface area contributed by atoms with Crippen LogP contribution in [0.1, 0.15) is 76.5 Å². The standard InChI is InChI=1S/C25H40N4O4/c1-3-21(4-2)33-25(32)28-22(24(30)31)14-17-29(20-12-13-20)16-6-5-9-19-11-10-18-8-7-15-26-23(18)27-19/h10-11,20-22H,3-9,12-17H2,1-2H3,(H,26,27)(H,28,32)(H,30,31)/t22-/m0/s1. The Morgan fingerprint density at radius 2 is 2.03 bits per heavy atom. The van der Waals surface area contributed by atoms with Crippen LogP contribution in [-0.4, -0.2) is 64.9 Å². The van der Waals surface area contributed by atoms with Gasteiger partial charge in [-0.3, -0.25) is 0 Å².